The first kappa shape index (κ1) is 18.4. The summed E-state index contributed by atoms with van der Waals surface area (Å²) in [5.74, 6) is 0. The summed E-state index contributed by atoms with van der Waals surface area (Å²) in [6.07, 6.45) is 0. The zero-order valence-electron chi connectivity index (χ0n) is 6.62. The molecule has 0 radical (unpaired) electrons. The van der Waals surface area contributed by atoms with Crippen LogP contribution in [0.5, 0.6) is 0 Å². The third-order valence-corrected chi connectivity index (χ3v) is 5.15. The molecule has 8 heteroatoms. The normalized spacial score (nSPS) is 8.64. The Morgan fingerprint density at radius 2 is 1.43 bits per heavy atom. The van der Waals surface area contributed by atoms with Crippen molar-refractivity contribution in [2.24, 2.45) is 0 Å². The van der Waals surface area contributed by atoms with Crippen LogP contribution >= 0.6 is 54.9 Å². The average molecular weight is 388 g/mol. The van der Waals surface area contributed by atoms with Crippen molar-refractivity contribution in [1.82, 2.24) is 0 Å². The summed E-state index contributed by atoms with van der Waals surface area (Å²) < 4.78 is 0.703. The number of hydrogen-bond acceptors (Lipinski definition) is 0. The van der Waals surface area contributed by atoms with Crippen LogP contribution in [0.15, 0.2) is 12.1 Å². The number of hydrogen-bond donors (Lipinski definition) is 0. The fourth-order valence-electron chi connectivity index (χ4n) is 0.709. The van der Waals surface area contributed by atoms with Gasteiger partial charge in [-0.25, -0.2) is 20.1 Å². The van der Waals surface area contributed by atoms with E-state index in [-0.39, 0.29) is 31.7 Å². The molecule has 76 valence electrons. The Labute approximate surface area is 129 Å². The van der Waals surface area contributed by atoms with Crippen molar-refractivity contribution < 1.29 is 31.7 Å². The zero-order chi connectivity index (χ0) is 9.30. The summed E-state index contributed by atoms with van der Waals surface area (Å²) in [6.45, 7) is 0. The van der Waals surface area contributed by atoms with Gasteiger partial charge in [-0.15, -0.1) is 0 Å². The van der Waals surface area contributed by atoms with E-state index in [4.69, 9.17) is 54.9 Å². The van der Waals surface area contributed by atoms with Gasteiger partial charge >= 0.3 is 12.3 Å². The molecule has 0 unspecified atom stereocenters. The predicted octanol–water partition coefficient (Wildman–Crippen LogP) is 2.99. The van der Waals surface area contributed by atoms with E-state index < -0.39 is 12.3 Å². The molecule has 2 N–H and O–H groups in total. The second-order valence-electron chi connectivity index (χ2n) is 2.07. The maximum absolute atomic E-state index is 5.84. The quantitative estimate of drug-likeness (QED) is 0.524. The first-order valence-electron chi connectivity index (χ1n) is 2.95. The van der Waals surface area contributed by atoms with Gasteiger partial charge < -0.3 is 5.48 Å². The van der Waals surface area contributed by atoms with Crippen LogP contribution in [0.25, 0.3) is 0 Å². The summed E-state index contributed by atoms with van der Waals surface area (Å²) in [4.78, 5) is 0. The molecule has 0 fully saturated rings. The Bertz CT molecular complexity index is 309. The first-order chi connectivity index (χ1) is 5.54. The molecule has 0 amide bonds. The van der Waals surface area contributed by atoms with Gasteiger partial charge in [-0.3, -0.25) is 0 Å². The molecule has 0 aliphatic rings. The van der Waals surface area contributed by atoms with Crippen LogP contribution in [-0.2, 0) is 26.2 Å². The van der Waals surface area contributed by atoms with Crippen LogP contribution in [0.1, 0.15) is 0 Å². The van der Waals surface area contributed by atoms with Crippen molar-refractivity contribution in [1.29, 1.82) is 0 Å². The van der Waals surface area contributed by atoms with Crippen molar-refractivity contribution >= 4 is 71.6 Å². The molecule has 14 heavy (non-hydrogen) atoms. The second-order valence-corrected chi connectivity index (χ2v) is 7.74. The van der Waals surface area contributed by atoms with E-state index in [0.717, 1.165) is 0 Å². The average Bonchev–Trinajstić information content (AvgIpc) is 2.00. The molecule has 1 aromatic carbocycles. The van der Waals surface area contributed by atoms with Gasteiger partial charge in [-0.05, 0) is 6.07 Å². The largest absolute Gasteiger partial charge is 0.557 e. The fraction of sp³-hybridized carbons (Fsp3) is 0. The Hall–Kier alpha value is 2.05. The van der Waals surface area contributed by atoms with Crippen molar-refractivity contribution in [3.05, 3.63) is 27.2 Å². The predicted molar refractivity (Wildman–Crippen MR) is 62.2 cm³/mol. The molecule has 0 spiro atoms. The van der Waals surface area contributed by atoms with Crippen LogP contribution < -0.4 is 4.43 Å². The van der Waals surface area contributed by atoms with E-state index in [1.54, 1.807) is 12.1 Å². The molecule has 1 aromatic rings. The molecule has 1 rings (SSSR count). The molecule has 0 saturated heterocycles. The minimum Gasteiger partial charge on any atom is -0.412 e. The summed E-state index contributed by atoms with van der Waals surface area (Å²) in [7, 11) is 11.5. The van der Waals surface area contributed by atoms with Crippen molar-refractivity contribution in [3.8, 4) is 0 Å². The molecule has 0 aliphatic heterocycles. The monoisotopic (exact) mass is 384 g/mol. The number of benzene rings is 1. The van der Waals surface area contributed by atoms with Crippen molar-refractivity contribution in [2.75, 3.05) is 0 Å². The maximum atomic E-state index is 5.84. The smallest absolute Gasteiger partial charge is 0.412 e. The summed E-state index contributed by atoms with van der Waals surface area (Å²) in [5.41, 5.74) is 0. The molecule has 0 atom stereocenters. The van der Waals surface area contributed by atoms with E-state index in [0.29, 0.717) is 19.5 Å². The van der Waals surface area contributed by atoms with Gasteiger partial charge in [-0.1, -0.05) is 45.3 Å². The van der Waals surface area contributed by atoms with E-state index in [1.165, 1.54) is 0 Å². The van der Waals surface area contributed by atoms with Crippen molar-refractivity contribution in [2.45, 2.75) is 0 Å². The standard InChI is InChI=1S/C6H2Cl3.Al.2ClH.H2O.Zr/c7-4-2-1-3-5(8)6(4)9;;;;;/h1-2H;;2*1H;1H2;/q;+2;;;;/p-2. The maximum Gasteiger partial charge on any atom is 0.557 e. The molecule has 0 aromatic heterocycles. The van der Waals surface area contributed by atoms with Gasteiger partial charge in [0.05, 0.1) is 15.1 Å². The zero-order valence-corrected chi connectivity index (χ0v) is 14.0. The summed E-state index contributed by atoms with van der Waals surface area (Å²) in [5, 5.41) is 1.09. The first-order valence-corrected chi connectivity index (χ1v) is 8.16. The van der Waals surface area contributed by atoms with Gasteiger partial charge in [0, 0.05) is 26.2 Å². The third-order valence-electron chi connectivity index (χ3n) is 1.30. The SMILES string of the molecule is Clc1cc[c]([Al]([Cl])[Cl])c(Cl)c1Cl.O.[Zr]. The van der Waals surface area contributed by atoms with Gasteiger partial charge in [0.15, 0.2) is 0 Å². The molecule has 0 aliphatic carbocycles. The molecule has 0 saturated carbocycles. The van der Waals surface area contributed by atoms with Crippen LogP contribution in [0, 0.1) is 0 Å². The van der Waals surface area contributed by atoms with Crippen LogP contribution in [0.4, 0.5) is 0 Å². The molecular formula is C6H4AlCl5OZr. The molecular weight excluding hydrogens is 384 g/mol. The van der Waals surface area contributed by atoms with Gasteiger partial charge in [0.25, 0.3) is 0 Å². The van der Waals surface area contributed by atoms with Crippen LogP contribution in [0.3, 0.4) is 0 Å². The van der Waals surface area contributed by atoms with Crippen molar-refractivity contribution in [3.63, 3.8) is 0 Å². The number of rotatable bonds is 1. The Morgan fingerprint density at radius 1 is 0.929 bits per heavy atom. The van der Waals surface area contributed by atoms with Crippen LogP contribution in [0.2, 0.25) is 15.1 Å². The van der Waals surface area contributed by atoms with Gasteiger partial charge in [0.1, 0.15) is 0 Å². The van der Waals surface area contributed by atoms with E-state index in [1.807, 2.05) is 0 Å². The Morgan fingerprint density at radius 3 is 1.86 bits per heavy atom. The molecule has 1 nitrogen and oxygen atoms in total. The van der Waals surface area contributed by atoms with Gasteiger partial charge in [0.2, 0.25) is 0 Å². The Balaban J connectivity index is 0. The molecule has 0 bridgehead atoms. The number of halogens is 5. The summed E-state index contributed by atoms with van der Waals surface area (Å²) in [6, 6.07) is 3.34. The van der Waals surface area contributed by atoms with E-state index in [9.17, 15) is 0 Å². The fourth-order valence-corrected chi connectivity index (χ4v) is 3.67. The molecule has 0 heterocycles. The minimum absolute atomic E-state index is 0. The summed E-state index contributed by atoms with van der Waals surface area (Å²) >= 11 is 15.4. The third kappa shape index (κ3) is 4.50. The van der Waals surface area contributed by atoms with E-state index in [2.05, 4.69) is 0 Å². The Kier molecular flexibility index (Phi) is 10.8. The van der Waals surface area contributed by atoms with E-state index >= 15 is 0 Å². The minimum atomic E-state index is -1.95. The topological polar surface area (TPSA) is 31.5 Å². The second kappa shape index (κ2) is 8.18. The van der Waals surface area contributed by atoms with Crippen LogP contribution in [-0.4, -0.2) is 17.8 Å². The van der Waals surface area contributed by atoms with Gasteiger partial charge in [-0.2, -0.15) is 0 Å².